The Balaban J connectivity index is 1.47. The van der Waals surface area contributed by atoms with E-state index in [4.69, 9.17) is 9.47 Å². The van der Waals surface area contributed by atoms with Crippen molar-refractivity contribution in [2.45, 2.75) is 45.1 Å². The monoisotopic (exact) mass is 375 g/mol. The van der Waals surface area contributed by atoms with Crippen molar-refractivity contribution in [3.63, 3.8) is 0 Å². The summed E-state index contributed by atoms with van der Waals surface area (Å²) in [6.07, 6.45) is 1.93. The quantitative estimate of drug-likeness (QED) is 0.827. The summed E-state index contributed by atoms with van der Waals surface area (Å²) >= 11 is 0. The fourth-order valence-electron chi connectivity index (χ4n) is 4.02. The van der Waals surface area contributed by atoms with E-state index in [2.05, 4.69) is 19.9 Å². The number of amides is 1. The third kappa shape index (κ3) is 4.80. The van der Waals surface area contributed by atoms with Gasteiger partial charge in [0.15, 0.2) is 6.61 Å². The van der Waals surface area contributed by atoms with Crippen molar-refractivity contribution in [1.29, 1.82) is 0 Å². The van der Waals surface area contributed by atoms with Gasteiger partial charge in [-0.2, -0.15) is 0 Å². The van der Waals surface area contributed by atoms with Crippen LogP contribution in [0.15, 0.2) is 24.3 Å². The molecule has 1 aromatic carbocycles. The van der Waals surface area contributed by atoms with E-state index in [1.165, 1.54) is 5.56 Å². The number of carbonyl (C=O) groups is 2. The number of carboxylic acids is 1. The molecule has 2 saturated heterocycles. The van der Waals surface area contributed by atoms with Crippen LogP contribution in [-0.4, -0.2) is 54.3 Å². The minimum atomic E-state index is -0.770. The summed E-state index contributed by atoms with van der Waals surface area (Å²) in [5.74, 6) is 0.137. The van der Waals surface area contributed by atoms with E-state index in [0.29, 0.717) is 37.8 Å². The number of carboxylic acid groups (broad SMARTS) is 1. The predicted octanol–water partition coefficient (Wildman–Crippen LogP) is 2.92. The van der Waals surface area contributed by atoms with Gasteiger partial charge in [-0.15, -0.1) is 0 Å². The van der Waals surface area contributed by atoms with Gasteiger partial charge >= 0.3 is 5.97 Å². The molecule has 2 aliphatic rings. The minimum absolute atomic E-state index is 0.0227. The number of nitrogens with zero attached hydrogens (tertiary/aromatic N) is 1. The van der Waals surface area contributed by atoms with Crippen molar-refractivity contribution in [2.75, 3.05) is 26.3 Å². The van der Waals surface area contributed by atoms with E-state index in [1.54, 1.807) is 0 Å². The third-order valence-corrected chi connectivity index (χ3v) is 5.70. The van der Waals surface area contributed by atoms with Gasteiger partial charge < -0.3 is 19.5 Å². The first-order valence-corrected chi connectivity index (χ1v) is 9.80. The Morgan fingerprint density at radius 1 is 1.26 bits per heavy atom. The van der Waals surface area contributed by atoms with Crippen molar-refractivity contribution in [2.24, 2.45) is 11.8 Å². The van der Waals surface area contributed by atoms with Gasteiger partial charge in [-0.25, -0.2) is 0 Å². The molecule has 0 bridgehead atoms. The number of hydrogen-bond donors (Lipinski definition) is 1. The van der Waals surface area contributed by atoms with Crippen molar-refractivity contribution in [3.8, 4) is 5.75 Å². The van der Waals surface area contributed by atoms with Gasteiger partial charge in [0, 0.05) is 19.7 Å². The molecule has 0 aromatic heterocycles. The molecule has 1 amide bonds. The Hall–Kier alpha value is -2.08. The lowest BCUT2D eigenvalue weighted by Crippen LogP contribution is -2.44. The highest BCUT2D eigenvalue weighted by molar-refractivity contribution is 5.78. The van der Waals surface area contributed by atoms with Gasteiger partial charge in [0.1, 0.15) is 5.75 Å². The average molecular weight is 375 g/mol. The van der Waals surface area contributed by atoms with Crippen LogP contribution < -0.4 is 4.74 Å². The minimum Gasteiger partial charge on any atom is -0.484 e. The second kappa shape index (κ2) is 8.74. The van der Waals surface area contributed by atoms with E-state index < -0.39 is 11.9 Å². The maximum atomic E-state index is 12.5. The Bertz CT molecular complexity index is 666. The highest BCUT2D eigenvalue weighted by Crippen LogP contribution is 2.33. The topological polar surface area (TPSA) is 76.1 Å². The molecular formula is C21H29NO5. The summed E-state index contributed by atoms with van der Waals surface area (Å²) in [7, 11) is 0. The molecule has 2 atom stereocenters. The fraction of sp³-hybridized carbons (Fsp3) is 0.619. The van der Waals surface area contributed by atoms with Crippen molar-refractivity contribution >= 4 is 11.9 Å². The van der Waals surface area contributed by atoms with E-state index in [9.17, 15) is 14.7 Å². The summed E-state index contributed by atoms with van der Waals surface area (Å²) in [4.78, 5) is 25.6. The van der Waals surface area contributed by atoms with Gasteiger partial charge in [-0.3, -0.25) is 9.59 Å². The molecule has 1 unspecified atom stereocenters. The van der Waals surface area contributed by atoms with Crippen LogP contribution >= 0.6 is 0 Å². The predicted molar refractivity (Wildman–Crippen MR) is 101 cm³/mol. The molecule has 1 aromatic rings. The zero-order valence-electron chi connectivity index (χ0n) is 16.1. The van der Waals surface area contributed by atoms with Crippen LogP contribution in [-0.2, 0) is 14.3 Å². The molecule has 2 fully saturated rings. The molecule has 0 radical (unpaired) electrons. The molecule has 27 heavy (non-hydrogen) atoms. The summed E-state index contributed by atoms with van der Waals surface area (Å²) in [6.45, 7) is 6.05. The molecule has 3 rings (SSSR count). The van der Waals surface area contributed by atoms with Gasteiger partial charge in [0.2, 0.25) is 0 Å². The van der Waals surface area contributed by atoms with Crippen LogP contribution in [0.25, 0.3) is 0 Å². The lowest BCUT2D eigenvalue weighted by atomic mass is 9.84. The number of hydrogen-bond acceptors (Lipinski definition) is 4. The SMILES string of the molecule is CC(C)c1cccc(OCC(=O)N2CCC([C@@H]3OCCC3C(=O)O)CC2)c1. The molecule has 0 aliphatic carbocycles. The maximum absolute atomic E-state index is 12.5. The number of aliphatic carboxylic acids is 1. The van der Waals surface area contributed by atoms with Crippen LogP contribution in [0.3, 0.4) is 0 Å². The average Bonchev–Trinajstić information content (AvgIpc) is 3.16. The highest BCUT2D eigenvalue weighted by Gasteiger charge is 2.40. The van der Waals surface area contributed by atoms with Gasteiger partial charge in [-0.1, -0.05) is 26.0 Å². The van der Waals surface area contributed by atoms with E-state index >= 15 is 0 Å². The van der Waals surface area contributed by atoms with Crippen LogP contribution in [0.1, 0.15) is 44.6 Å². The molecular weight excluding hydrogens is 346 g/mol. The number of piperidine rings is 1. The molecule has 1 N–H and O–H groups in total. The first kappa shape index (κ1) is 19.7. The number of likely N-dealkylation sites (tertiary alicyclic amines) is 1. The molecule has 6 nitrogen and oxygen atoms in total. The summed E-state index contributed by atoms with van der Waals surface area (Å²) < 4.78 is 11.4. The summed E-state index contributed by atoms with van der Waals surface area (Å²) in [5.41, 5.74) is 1.19. The van der Waals surface area contributed by atoms with E-state index in [-0.39, 0.29) is 24.5 Å². The number of carbonyl (C=O) groups excluding carboxylic acids is 1. The zero-order chi connectivity index (χ0) is 19.4. The van der Waals surface area contributed by atoms with E-state index in [1.807, 2.05) is 23.1 Å². The van der Waals surface area contributed by atoms with Crippen LogP contribution in [0.4, 0.5) is 0 Å². The first-order chi connectivity index (χ1) is 13.0. The summed E-state index contributed by atoms with van der Waals surface area (Å²) in [6, 6.07) is 7.85. The van der Waals surface area contributed by atoms with Crippen molar-refractivity contribution in [1.82, 2.24) is 4.90 Å². The van der Waals surface area contributed by atoms with Gasteiger partial charge in [0.05, 0.1) is 12.0 Å². The molecule has 6 heteroatoms. The molecule has 2 heterocycles. The standard InChI is InChI=1S/C21H29NO5/c1-14(2)16-4-3-5-17(12-16)27-13-19(23)22-9-6-15(7-10-22)20-18(21(24)25)8-11-26-20/h3-5,12,14-15,18,20H,6-11,13H2,1-2H3,(H,24,25)/t18?,20-/m0/s1. The Kier molecular flexibility index (Phi) is 6.37. The smallest absolute Gasteiger partial charge is 0.309 e. The normalized spacial score (nSPS) is 23.6. The Morgan fingerprint density at radius 3 is 2.67 bits per heavy atom. The first-order valence-electron chi connectivity index (χ1n) is 9.80. The second-order valence-corrected chi connectivity index (χ2v) is 7.80. The Morgan fingerprint density at radius 2 is 2.00 bits per heavy atom. The number of ether oxygens (including phenoxy) is 2. The highest BCUT2D eigenvalue weighted by atomic mass is 16.5. The van der Waals surface area contributed by atoms with Gasteiger partial charge in [-0.05, 0) is 48.8 Å². The van der Waals surface area contributed by atoms with Crippen LogP contribution in [0.2, 0.25) is 0 Å². The zero-order valence-corrected chi connectivity index (χ0v) is 16.1. The summed E-state index contributed by atoms with van der Waals surface area (Å²) in [5, 5.41) is 9.33. The molecule has 148 valence electrons. The second-order valence-electron chi connectivity index (χ2n) is 7.80. The largest absolute Gasteiger partial charge is 0.484 e. The lowest BCUT2D eigenvalue weighted by molar-refractivity contribution is -0.146. The number of rotatable bonds is 6. The third-order valence-electron chi connectivity index (χ3n) is 5.70. The van der Waals surface area contributed by atoms with Gasteiger partial charge in [0.25, 0.3) is 5.91 Å². The van der Waals surface area contributed by atoms with Crippen LogP contribution in [0.5, 0.6) is 5.75 Å². The molecule has 2 aliphatic heterocycles. The van der Waals surface area contributed by atoms with Crippen molar-refractivity contribution in [3.05, 3.63) is 29.8 Å². The van der Waals surface area contributed by atoms with E-state index in [0.717, 1.165) is 12.8 Å². The maximum Gasteiger partial charge on any atom is 0.309 e. The fourth-order valence-corrected chi connectivity index (χ4v) is 4.02. The van der Waals surface area contributed by atoms with Crippen LogP contribution in [0, 0.1) is 11.8 Å². The Labute approximate surface area is 160 Å². The van der Waals surface area contributed by atoms with Crippen molar-refractivity contribution < 1.29 is 24.2 Å². The lowest BCUT2D eigenvalue weighted by Gasteiger charge is -2.35. The molecule has 0 spiro atoms. The number of benzene rings is 1. The molecule has 0 saturated carbocycles.